The van der Waals surface area contributed by atoms with E-state index in [1.807, 2.05) is 44.3 Å². The molecule has 0 bridgehead atoms. The summed E-state index contributed by atoms with van der Waals surface area (Å²) < 4.78 is 0. The summed E-state index contributed by atoms with van der Waals surface area (Å²) in [4.78, 5) is 42.1. The minimum atomic E-state index is -0.340. The second-order valence-electron chi connectivity index (χ2n) is 6.73. The number of benzene rings is 2. The number of hydrogen-bond acceptors (Lipinski definition) is 3. The Morgan fingerprint density at radius 1 is 1.07 bits per heavy atom. The summed E-state index contributed by atoms with van der Waals surface area (Å²) in [5.74, 6) is -0.961. The van der Waals surface area contributed by atoms with Crippen LogP contribution >= 0.6 is 0 Å². The molecule has 6 nitrogen and oxygen atoms in total. The summed E-state index contributed by atoms with van der Waals surface area (Å²) in [5, 5.41) is 3.83. The van der Waals surface area contributed by atoms with Gasteiger partial charge in [-0.2, -0.15) is 0 Å². The van der Waals surface area contributed by atoms with Gasteiger partial charge in [-0.3, -0.25) is 19.3 Å². The van der Waals surface area contributed by atoms with Crippen LogP contribution in [0.3, 0.4) is 0 Å². The highest BCUT2D eigenvalue weighted by Crippen LogP contribution is 2.27. The molecule has 2 aromatic carbocycles. The quantitative estimate of drug-likeness (QED) is 0.693. The van der Waals surface area contributed by atoms with Gasteiger partial charge in [-0.15, -0.1) is 0 Å². The molecule has 1 unspecified atom stereocenters. The number of nitrogens with zero attached hydrogens (tertiary/aromatic N) is 1. The molecule has 4 rings (SSSR count). The van der Waals surface area contributed by atoms with Gasteiger partial charge in [-0.1, -0.05) is 6.92 Å². The van der Waals surface area contributed by atoms with Crippen LogP contribution in [0.25, 0.3) is 10.9 Å². The number of imide groups is 1. The van der Waals surface area contributed by atoms with Crippen molar-refractivity contribution in [3.63, 3.8) is 0 Å². The second kappa shape index (κ2) is 6.39. The Balaban J connectivity index is 1.61. The zero-order valence-electron chi connectivity index (χ0n) is 15.1. The SMILES string of the molecule is CCC(C)N1C(=O)c2ccc(C(=O)Nc3ccc4[nH]ccc4c3)cc2C1=O. The minimum Gasteiger partial charge on any atom is -0.361 e. The van der Waals surface area contributed by atoms with Gasteiger partial charge in [-0.05, 0) is 55.8 Å². The summed E-state index contributed by atoms with van der Waals surface area (Å²) in [6.45, 7) is 3.76. The number of H-pyrrole nitrogens is 1. The maximum Gasteiger partial charge on any atom is 0.261 e. The highest BCUT2D eigenvalue weighted by molar-refractivity contribution is 6.22. The van der Waals surface area contributed by atoms with Gasteiger partial charge in [0, 0.05) is 34.4 Å². The summed E-state index contributed by atoms with van der Waals surface area (Å²) in [7, 11) is 0. The molecule has 0 radical (unpaired) electrons. The van der Waals surface area contributed by atoms with E-state index in [9.17, 15) is 14.4 Å². The van der Waals surface area contributed by atoms with Gasteiger partial charge >= 0.3 is 0 Å². The first kappa shape index (κ1) is 17.0. The first-order valence-corrected chi connectivity index (χ1v) is 8.90. The highest BCUT2D eigenvalue weighted by Gasteiger charge is 2.38. The molecular weight excluding hydrogens is 342 g/mol. The van der Waals surface area contributed by atoms with Crippen LogP contribution in [-0.4, -0.2) is 33.6 Å². The third kappa shape index (κ3) is 2.79. The molecular formula is C21H19N3O3. The first-order chi connectivity index (χ1) is 13.0. The van der Waals surface area contributed by atoms with Gasteiger partial charge in [-0.25, -0.2) is 0 Å². The highest BCUT2D eigenvalue weighted by atomic mass is 16.2. The second-order valence-corrected chi connectivity index (χ2v) is 6.73. The number of rotatable bonds is 4. The van der Waals surface area contributed by atoms with Crippen LogP contribution in [0.5, 0.6) is 0 Å². The number of aromatic amines is 1. The van der Waals surface area contributed by atoms with Crippen molar-refractivity contribution in [3.05, 3.63) is 65.4 Å². The minimum absolute atomic E-state index is 0.178. The zero-order valence-corrected chi connectivity index (χ0v) is 15.1. The van der Waals surface area contributed by atoms with E-state index >= 15 is 0 Å². The van der Waals surface area contributed by atoms with Crippen molar-refractivity contribution in [2.24, 2.45) is 0 Å². The molecule has 0 saturated heterocycles. The Hall–Kier alpha value is -3.41. The molecule has 2 N–H and O–H groups in total. The summed E-state index contributed by atoms with van der Waals surface area (Å²) in [6.07, 6.45) is 2.52. The average molecular weight is 361 g/mol. The van der Waals surface area contributed by atoms with Crippen LogP contribution in [0.2, 0.25) is 0 Å². The monoisotopic (exact) mass is 361 g/mol. The average Bonchev–Trinajstić information content (AvgIpc) is 3.23. The third-order valence-electron chi connectivity index (χ3n) is 5.02. The lowest BCUT2D eigenvalue weighted by Gasteiger charge is -2.20. The summed E-state index contributed by atoms with van der Waals surface area (Å²) >= 11 is 0. The fraction of sp³-hybridized carbons (Fsp3) is 0.190. The number of carbonyl (C=O) groups excluding carboxylic acids is 3. The van der Waals surface area contributed by atoms with Crippen LogP contribution in [0.4, 0.5) is 5.69 Å². The lowest BCUT2D eigenvalue weighted by atomic mass is 10.1. The molecule has 1 aliphatic rings. The Morgan fingerprint density at radius 3 is 2.63 bits per heavy atom. The van der Waals surface area contributed by atoms with Gasteiger partial charge in [0.15, 0.2) is 0 Å². The molecule has 3 amide bonds. The van der Waals surface area contributed by atoms with Crippen molar-refractivity contribution < 1.29 is 14.4 Å². The normalized spacial score (nSPS) is 14.5. The molecule has 0 fully saturated rings. The third-order valence-corrected chi connectivity index (χ3v) is 5.02. The topological polar surface area (TPSA) is 82.3 Å². The van der Waals surface area contributed by atoms with Crippen molar-refractivity contribution in [2.75, 3.05) is 5.32 Å². The van der Waals surface area contributed by atoms with E-state index in [1.54, 1.807) is 12.1 Å². The fourth-order valence-corrected chi connectivity index (χ4v) is 3.32. The standard InChI is InChI=1S/C21H19N3O3/c1-3-12(2)24-20(26)16-6-4-14(11-17(16)21(24)27)19(25)23-15-5-7-18-13(10-15)8-9-22-18/h4-12,22H,3H2,1-2H3,(H,23,25). The predicted molar refractivity (Wildman–Crippen MR) is 103 cm³/mol. The first-order valence-electron chi connectivity index (χ1n) is 8.90. The molecule has 0 aliphatic carbocycles. The molecule has 1 aromatic heterocycles. The molecule has 2 heterocycles. The van der Waals surface area contributed by atoms with Gasteiger partial charge < -0.3 is 10.3 Å². The van der Waals surface area contributed by atoms with Gasteiger partial charge in [0.1, 0.15) is 0 Å². The molecule has 0 spiro atoms. The van der Waals surface area contributed by atoms with Crippen molar-refractivity contribution in [1.82, 2.24) is 9.88 Å². The number of nitrogens with one attached hydrogen (secondary N) is 2. The van der Waals surface area contributed by atoms with E-state index in [2.05, 4.69) is 10.3 Å². The van der Waals surface area contributed by atoms with Crippen LogP contribution in [-0.2, 0) is 0 Å². The van der Waals surface area contributed by atoms with Crippen molar-refractivity contribution in [2.45, 2.75) is 26.3 Å². The van der Waals surface area contributed by atoms with Crippen LogP contribution in [0.15, 0.2) is 48.7 Å². The van der Waals surface area contributed by atoms with E-state index in [-0.39, 0.29) is 29.3 Å². The van der Waals surface area contributed by atoms with E-state index in [0.29, 0.717) is 23.2 Å². The number of anilines is 1. The van der Waals surface area contributed by atoms with Crippen molar-refractivity contribution >= 4 is 34.3 Å². The molecule has 1 atom stereocenters. The Bertz CT molecular complexity index is 1080. The molecule has 0 saturated carbocycles. The smallest absolute Gasteiger partial charge is 0.261 e. The number of hydrogen-bond donors (Lipinski definition) is 2. The van der Waals surface area contributed by atoms with Crippen LogP contribution in [0, 0.1) is 0 Å². The maximum absolute atomic E-state index is 12.6. The van der Waals surface area contributed by atoms with E-state index in [4.69, 9.17) is 0 Å². The fourth-order valence-electron chi connectivity index (χ4n) is 3.32. The van der Waals surface area contributed by atoms with E-state index in [1.165, 1.54) is 11.0 Å². The van der Waals surface area contributed by atoms with Crippen molar-refractivity contribution in [3.8, 4) is 0 Å². The molecule has 136 valence electrons. The van der Waals surface area contributed by atoms with Crippen molar-refractivity contribution in [1.29, 1.82) is 0 Å². The lowest BCUT2D eigenvalue weighted by molar-refractivity contribution is 0.0593. The van der Waals surface area contributed by atoms with Gasteiger partial charge in [0.05, 0.1) is 11.1 Å². The largest absolute Gasteiger partial charge is 0.361 e. The van der Waals surface area contributed by atoms with Gasteiger partial charge in [0.2, 0.25) is 0 Å². The van der Waals surface area contributed by atoms with Crippen LogP contribution in [0.1, 0.15) is 51.3 Å². The number of carbonyl (C=O) groups is 3. The van der Waals surface area contributed by atoms with E-state index < -0.39 is 0 Å². The molecule has 1 aliphatic heterocycles. The molecule has 6 heteroatoms. The Labute approximate surface area is 156 Å². The van der Waals surface area contributed by atoms with Gasteiger partial charge in [0.25, 0.3) is 17.7 Å². The lowest BCUT2D eigenvalue weighted by Crippen LogP contribution is -2.37. The Morgan fingerprint density at radius 2 is 1.85 bits per heavy atom. The predicted octanol–water partition coefficient (Wildman–Crippen LogP) is 3.81. The number of fused-ring (bicyclic) bond motifs is 2. The Kier molecular flexibility index (Phi) is 4.03. The van der Waals surface area contributed by atoms with E-state index in [0.717, 1.165) is 10.9 Å². The number of aromatic nitrogens is 1. The molecule has 27 heavy (non-hydrogen) atoms. The van der Waals surface area contributed by atoms with Crippen LogP contribution < -0.4 is 5.32 Å². The number of amides is 3. The maximum atomic E-state index is 12.6. The summed E-state index contributed by atoms with van der Waals surface area (Å²) in [5.41, 5.74) is 2.63. The summed E-state index contributed by atoms with van der Waals surface area (Å²) in [6, 6.07) is 12.0. The zero-order chi connectivity index (χ0) is 19.1. The molecule has 3 aromatic rings.